The van der Waals surface area contributed by atoms with Crippen LogP contribution >= 0.6 is 0 Å². The molecule has 0 saturated carbocycles. The number of hydrogen-bond donors (Lipinski definition) is 2. The van der Waals surface area contributed by atoms with E-state index in [1.165, 1.54) is 36.1 Å². The topological polar surface area (TPSA) is 125 Å². The number of rotatable bonds is 9. The van der Waals surface area contributed by atoms with Gasteiger partial charge in [-0.05, 0) is 67.1 Å². The number of aromatic nitrogens is 2. The molecule has 0 aliphatic rings. The summed E-state index contributed by atoms with van der Waals surface area (Å²) < 4.78 is 12.6. The predicted octanol–water partition coefficient (Wildman–Crippen LogP) is 3.31. The highest BCUT2D eigenvalue weighted by molar-refractivity contribution is 5.98. The lowest BCUT2D eigenvalue weighted by atomic mass is 10.1. The number of hydrogen-bond acceptors (Lipinski definition) is 6. The van der Waals surface area contributed by atoms with Gasteiger partial charge in [0.15, 0.2) is 0 Å². The van der Waals surface area contributed by atoms with Crippen molar-refractivity contribution in [3.05, 3.63) is 128 Å². The van der Waals surface area contributed by atoms with Crippen molar-refractivity contribution in [1.29, 1.82) is 0 Å². The van der Waals surface area contributed by atoms with Crippen LogP contribution < -0.4 is 26.6 Å². The van der Waals surface area contributed by atoms with Crippen LogP contribution in [-0.4, -0.2) is 28.1 Å². The van der Waals surface area contributed by atoms with E-state index in [1.807, 2.05) is 31.2 Å². The molecule has 5 aromatic rings. The van der Waals surface area contributed by atoms with E-state index in [0.29, 0.717) is 23.7 Å². The van der Waals surface area contributed by atoms with E-state index >= 15 is 0 Å². The van der Waals surface area contributed by atoms with Gasteiger partial charge in [-0.25, -0.2) is 9.36 Å². The minimum Gasteiger partial charge on any atom is -0.497 e. The second-order valence-corrected chi connectivity index (χ2v) is 9.46. The minimum absolute atomic E-state index is 0.128. The molecule has 0 radical (unpaired) electrons. The number of carbonyl (C=O) groups excluding carboxylic acids is 2. The van der Waals surface area contributed by atoms with Gasteiger partial charge in [0.2, 0.25) is 5.91 Å². The molecule has 3 aromatic carbocycles. The van der Waals surface area contributed by atoms with Crippen molar-refractivity contribution in [2.75, 3.05) is 7.11 Å². The number of nitrogens with one attached hydrogen (secondary N) is 2. The Labute approximate surface area is 234 Å². The molecule has 0 unspecified atom stereocenters. The van der Waals surface area contributed by atoms with Gasteiger partial charge in [0.05, 0.1) is 36.5 Å². The number of ether oxygens (including phenoxy) is 1. The Morgan fingerprint density at radius 1 is 0.902 bits per heavy atom. The van der Waals surface area contributed by atoms with Gasteiger partial charge < -0.3 is 19.8 Å². The molecule has 2 heterocycles. The van der Waals surface area contributed by atoms with Crippen LogP contribution in [0.2, 0.25) is 0 Å². The third kappa shape index (κ3) is 5.96. The first-order valence-corrected chi connectivity index (χ1v) is 12.9. The highest BCUT2D eigenvalue weighted by atomic mass is 16.5. The largest absolute Gasteiger partial charge is 0.497 e. The monoisotopic (exact) mass is 552 g/mol. The van der Waals surface area contributed by atoms with Gasteiger partial charge in [0.1, 0.15) is 18.1 Å². The maximum atomic E-state index is 13.7. The second kappa shape index (κ2) is 11.8. The van der Waals surface area contributed by atoms with Gasteiger partial charge in [0, 0.05) is 12.1 Å². The lowest BCUT2D eigenvalue weighted by Crippen LogP contribution is -2.41. The van der Waals surface area contributed by atoms with Crippen molar-refractivity contribution in [3.8, 4) is 11.4 Å². The molecule has 10 heteroatoms. The molecular formula is C31H28N4O6. The van der Waals surface area contributed by atoms with E-state index in [2.05, 4.69) is 10.6 Å². The number of nitrogens with zero attached hydrogens (tertiary/aromatic N) is 2. The van der Waals surface area contributed by atoms with Gasteiger partial charge in [0.25, 0.3) is 11.5 Å². The van der Waals surface area contributed by atoms with Crippen molar-refractivity contribution < 1.29 is 18.7 Å². The number of amides is 2. The van der Waals surface area contributed by atoms with Gasteiger partial charge in [-0.15, -0.1) is 0 Å². The Balaban J connectivity index is 1.53. The molecule has 0 aliphatic heterocycles. The van der Waals surface area contributed by atoms with Crippen molar-refractivity contribution in [2.45, 2.75) is 26.6 Å². The highest BCUT2D eigenvalue weighted by Crippen LogP contribution is 2.16. The third-order valence-electron chi connectivity index (χ3n) is 6.65. The molecule has 5 rings (SSSR count). The summed E-state index contributed by atoms with van der Waals surface area (Å²) in [5.74, 6) is 0.250. The van der Waals surface area contributed by atoms with Gasteiger partial charge >= 0.3 is 5.69 Å². The van der Waals surface area contributed by atoms with Crippen LogP contribution in [0.5, 0.6) is 5.75 Å². The Morgan fingerprint density at radius 3 is 2.34 bits per heavy atom. The summed E-state index contributed by atoms with van der Waals surface area (Å²) in [5, 5.41) is 5.76. The molecule has 10 nitrogen and oxygen atoms in total. The summed E-state index contributed by atoms with van der Waals surface area (Å²) in [6, 6.07) is 22.1. The van der Waals surface area contributed by atoms with Crippen LogP contribution in [0.3, 0.4) is 0 Å². The molecule has 2 amide bonds. The van der Waals surface area contributed by atoms with E-state index in [9.17, 15) is 19.2 Å². The number of carbonyl (C=O) groups is 2. The normalized spacial score (nSPS) is 10.9. The summed E-state index contributed by atoms with van der Waals surface area (Å²) in [6.07, 6.45) is 1.50. The van der Waals surface area contributed by atoms with Crippen molar-refractivity contribution in [2.24, 2.45) is 0 Å². The molecule has 41 heavy (non-hydrogen) atoms. The fourth-order valence-electron chi connectivity index (χ4n) is 4.41. The Morgan fingerprint density at radius 2 is 1.66 bits per heavy atom. The number of methoxy groups -OCH3 is 1. The molecule has 2 N–H and O–H groups in total. The molecule has 0 atom stereocenters. The zero-order valence-corrected chi connectivity index (χ0v) is 22.5. The first-order valence-electron chi connectivity index (χ1n) is 12.9. The fraction of sp³-hybridized carbons (Fsp3) is 0.161. The fourth-order valence-corrected chi connectivity index (χ4v) is 4.41. The Kier molecular flexibility index (Phi) is 7.82. The molecule has 0 bridgehead atoms. The van der Waals surface area contributed by atoms with Gasteiger partial charge in [-0.3, -0.25) is 19.0 Å². The minimum atomic E-state index is -0.724. The Hall–Kier alpha value is -5.38. The predicted molar refractivity (Wildman–Crippen MR) is 153 cm³/mol. The van der Waals surface area contributed by atoms with Crippen LogP contribution in [0.4, 0.5) is 0 Å². The number of aryl methyl sites for hydroxylation is 1. The lowest BCUT2D eigenvalue weighted by molar-refractivity contribution is -0.121. The zero-order chi connectivity index (χ0) is 28.9. The van der Waals surface area contributed by atoms with Crippen molar-refractivity contribution >= 4 is 22.7 Å². The Bertz CT molecular complexity index is 1820. The van der Waals surface area contributed by atoms with Crippen LogP contribution in [0.1, 0.15) is 27.2 Å². The molecule has 208 valence electrons. The maximum absolute atomic E-state index is 13.7. The summed E-state index contributed by atoms with van der Waals surface area (Å²) in [4.78, 5) is 53.2. The van der Waals surface area contributed by atoms with Crippen molar-refractivity contribution in [3.63, 3.8) is 0 Å². The smallest absolute Gasteiger partial charge is 0.336 e. The molecule has 0 saturated heterocycles. The first-order chi connectivity index (χ1) is 19.8. The quantitative estimate of drug-likeness (QED) is 0.289. The lowest BCUT2D eigenvalue weighted by Gasteiger charge is -2.15. The zero-order valence-electron chi connectivity index (χ0n) is 22.5. The van der Waals surface area contributed by atoms with Crippen LogP contribution in [0, 0.1) is 6.92 Å². The summed E-state index contributed by atoms with van der Waals surface area (Å²) in [5.41, 5.74) is 1.47. The summed E-state index contributed by atoms with van der Waals surface area (Å²) in [6.45, 7) is 2.03. The second-order valence-electron chi connectivity index (χ2n) is 9.46. The number of furan rings is 1. The maximum Gasteiger partial charge on any atom is 0.336 e. The van der Waals surface area contributed by atoms with Gasteiger partial charge in [-0.2, -0.15) is 0 Å². The van der Waals surface area contributed by atoms with Crippen LogP contribution in [-0.2, 0) is 24.4 Å². The molecule has 2 aromatic heterocycles. The molecule has 0 spiro atoms. The number of fused-ring (bicyclic) bond motifs is 1. The van der Waals surface area contributed by atoms with E-state index in [-0.39, 0.29) is 35.5 Å². The standard InChI is InChI=1S/C31H28N4O6/c1-20-5-7-21(8-6-20)17-33-29(37)22-9-14-26-27(16-22)34(19-28(36)32-18-25-4-3-15-41-25)31(39)35(30(26)38)23-10-12-24(40-2)13-11-23/h3-16H,17-19H2,1-2H3,(H,32,36)(H,33,37). The SMILES string of the molecule is COc1ccc(-n2c(=O)c3ccc(C(=O)NCc4ccc(C)cc4)cc3n(CC(=O)NCc3ccco3)c2=O)cc1. The first kappa shape index (κ1) is 27.2. The highest BCUT2D eigenvalue weighted by Gasteiger charge is 2.19. The third-order valence-corrected chi connectivity index (χ3v) is 6.65. The van der Waals surface area contributed by atoms with Gasteiger partial charge in [-0.1, -0.05) is 29.8 Å². The van der Waals surface area contributed by atoms with E-state index in [1.54, 1.807) is 36.4 Å². The van der Waals surface area contributed by atoms with Crippen LogP contribution in [0.15, 0.2) is 99.1 Å². The van der Waals surface area contributed by atoms with E-state index < -0.39 is 17.2 Å². The molecule has 0 fully saturated rings. The number of benzene rings is 3. The van der Waals surface area contributed by atoms with Crippen LogP contribution in [0.25, 0.3) is 16.6 Å². The molecule has 0 aliphatic carbocycles. The van der Waals surface area contributed by atoms with E-state index in [0.717, 1.165) is 15.7 Å². The summed E-state index contributed by atoms with van der Waals surface area (Å²) >= 11 is 0. The molecular weight excluding hydrogens is 524 g/mol. The average Bonchev–Trinajstić information content (AvgIpc) is 3.52. The van der Waals surface area contributed by atoms with E-state index in [4.69, 9.17) is 9.15 Å². The average molecular weight is 553 g/mol. The summed E-state index contributed by atoms with van der Waals surface area (Å²) in [7, 11) is 1.51. The van der Waals surface area contributed by atoms with Crippen molar-refractivity contribution in [1.82, 2.24) is 19.8 Å².